The van der Waals surface area contributed by atoms with Crippen LogP contribution in [0.2, 0.25) is 0 Å². The standard InChI is InChI=1S/C20H24N2O3/c1-4-17(16-11-9-14(2)10-12-16)22-20(24)13-25-19-8-6-5-7-18(19)21-15(3)23/h5-12,17H,4,13H2,1-3H3,(H,21,23)(H,22,24)/t17-/m1/s1. The minimum atomic E-state index is -0.204. The van der Waals surface area contributed by atoms with Crippen molar-refractivity contribution in [2.24, 2.45) is 0 Å². The number of nitrogens with one attached hydrogen (secondary N) is 2. The van der Waals surface area contributed by atoms with E-state index in [1.54, 1.807) is 24.3 Å². The van der Waals surface area contributed by atoms with Gasteiger partial charge in [0, 0.05) is 6.92 Å². The smallest absolute Gasteiger partial charge is 0.258 e. The van der Waals surface area contributed by atoms with Crippen molar-refractivity contribution in [2.45, 2.75) is 33.2 Å². The largest absolute Gasteiger partial charge is 0.482 e. The van der Waals surface area contributed by atoms with E-state index in [0.717, 1.165) is 12.0 Å². The van der Waals surface area contributed by atoms with Crippen molar-refractivity contribution in [1.82, 2.24) is 5.32 Å². The van der Waals surface area contributed by atoms with Gasteiger partial charge in [0.05, 0.1) is 11.7 Å². The van der Waals surface area contributed by atoms with Crippen LogP contribution in [0.25, 0.3) is 0 Å². The Morgan fingerprint density at radius 3 is 2.40 bits per heavy atom. The number of hydrogen-bond acceptors (Lipinski definition) is 3. The highest BCUT2D eigenvalue weighted by atomic mass is 16.5. The third-order valence-corrected chi connectivity index (χ3v) is 3.78. The summed E-state index contributed by atoms with van der Waals surface area (Å²) in [5, 5.41) is 5.67. The van der Waals surface area contributed by atoms with Crippen LogP contribution in [0.5, 0.6) is 5.75 Å². The van der Waals surface area contributed by atoms with Crippen LogP contribution in [0, 0.1) is 6.92 Å². The highest BCUT2D eigenvalue weighted by Crippen LogP contribution is 2.23. The molecule has 0 saturated heterocycles. The molecule has 0 bridgehead atoms. The third kappa shape index (κ3) is 5.64. The number of carbonyl (C=O) groups excluding carboxylic acids is 2. The van der Waals surface area contributed by atoms with E-state index < -0.39 is 0 Å². The minimum Gasteiger partial charge on any atom is -0.482 e. The lowest BCUT2D eigenvalue weighted by Gasteiger charge is -2.18. The zero-order chi connectivity index (χ0) is 18.2. The van der Waals surface area contributed by atoms with Crippen LogP contribution in [0.1, 0.15) is 37.4 Å². The first kappa shape index (κ1) is 18.5. The van der Waals surface area contributed by atoms with E-state index in [0.29, 0.717) is 11.4 Å². The molecule has 25 heavy (non-hydrogen) atoms. The van der Waals surface area contributed by atoms with E-state index >= 15 is 0 Å². The Morgan fingerprint density at radius 2 is 1.76 bits per heavy atom. The van der Waals surface area contributed by atoms with Gasteiger partial charge in [0.25, 0.3) is 5.91 Å². The Balaban J connectivity index is 1.96. The summed E-state index contributed by atoms with van der Waals surface area (Å²) < 4.78 is 5.57. The molecular formula is C20H24N2O3. The molecule has 0 aliphatic heterocycles. The summed E-state index contributed by atoms with van der Waals surface area (Å²) in [5.74, 6) is 0.0761. The highest BCUT2D eigenvalue weighted by Gasteiger charge is 2.14. The summed E-state index contributed by atoms with van der Waals surface area (Å²) in [6, 6.07) is 15.1. The molecule has 132 valence electrons. The van der Waals surface area contributed by atoms with Crippen molar-refractivity contribution in [3.8, 4) is 5.75 Å². The molecule has 1 atom stereocenters. The molecule has 0 radical (unpaired) electrons. The molecule has 0 heterocycles. The van der Waals surface area contributed by atoms with Gasteiger partial charge in [0.15, 0.2) is 6.61 Å². The van der Waals surface area contributed by atoms with Crippen LogP contribution >= 0.6 is 0 Å². The van der Waals surface area contributed by atoms with E-state index in [1.165, 1.54) is 12.5 Å². The van der Waals surface area contributed by atoms with Crippen molar-refractivity contribution in [3.05, 3.63) is 59.7 Å². The van der Waals surface area contributed by atoms with Crippen LogP contribution in [0.15, 0.2) is 48.5 Å². The maximum atomic E-state index is 12.2. The molecule has 2 rings (SSSR count). The topological polar surface area (TPSA) is 67.4 Å². The van der Waals surface area contributed by atoms with Gasteiger partial charge < -0.3 is 15.4 Å². The number of para-hydroxylation sites is 2. The molecule has 0 aliphatic carbocycles. The summed E-state index contributed by atoms with van der Waals surface area (Å²) >= 11 is 0. The van der Waals surface area contributed by atoms with Gasteiger partial charge in [-0.05, 0) is 31.0 Å². The number of amides is 2. The first-order chi connectivity index (χ1) is 12.0. The predicted octanol–water partition coefficient (Wildman–Crippen LogP) is 3.60. The van der Waals surface area contributed by atoms with E-state index in [1.807, 2.05) is 38.1 Å². The van der Waals surface area contributed by atoms with Crippen molar-refractivity contribution in [1.29, 1.82) is 0 Å². The summed E-state index contributed by atoms with van der Waals surface area (Å²) in [5.41, 5.74) is 2.80. The number of benzene rings is 2. The molecule has 2 N–H and O–H groups in total. The van der Waals surface area contributed by atoms with Gasteiger partial charge in [-0.1, -0.05) is 48.9 Å². The quantitative estimate of drug-likeness (QED) is 0.809. The molecule has 2 aromatic rings. The average Bonchev–Trinajstić information content (AvgIpc) is 2.59. The lowest BCUT2D eigenvalue weighted by atomic mass is 10.0. The lowest BCUT2D eigenvalue weighted by Crippen LogP contribution is -2.32. The van der Waals surface area contributed by atoms with Gasteiger partial charge in [0.1, 0.15) is 5.75 Å². The Morgan fingerprint density at radius 1 is 1.08 bits per heavy atom. The van der Waals surface area contributed by atoms with Gasteiger partial charge >= 0.3 is 0 Å². The maximum Gasteiger partial charge on any atom is 0.258 e. The Hall–Kier alpha value is -2.82. The molecule has 0 aromatic heterocycles. The molecule has 0 unspecified atom stereocenters. The molecule has 0 aliphatic rings. The van der Waals surface area contributed by atoms with E-state index in [9.17, 15) is 9.59 Å². The third-order valence-electron chi connectivity index (χ3n) is 3.78. The van der Waals surface area contributed by atoms with E-state index in [4.69, 9.17) is 4.74 Å². The second-order valence-corrected chi connectivity index (χ2v) is 5.91. The first-order valence-electron chi connectivity index (χ1n) is 8.35. The fourth-order valence-electron chi connectivity index (χ4n) is 2.48. The average molecular weight is 340 g/mol. The molecular weight excluding hydrogens is 316 g/mol. The van der Waals surface area contributed by atoms with Gasteiger partial charge in [-0.25, -0.2) is 0 Å². The number of anilines is 1. The van der Waals surface area contributed by atoms with Crippen LogP contribution in [0.4, 0.5) is 5.69 Å². The normalized spacial score (nSPS) is 11.5. The SMILES string of the molecule is CC[C@@H](NC(=O)COc1ccccc1NC(C)=O)c1ccc(C)cc1. The van der Waals surface area contributed by atoms with Gasteiger partial charge in [-0.3, -0.25) is 9.59 Å². The monoisotopic (exact) mass is 340 g/mol. The molecule has 2 aromatic carbocycles. The fourth-order valence-corrected chi connectivity index (χ4v) is 2.48. The first-order valence-corrected chi connectivity index (χ1v) is 8.35. The van der Waals surface area contributed by atoms with Crippen LogP contribution in [-0.2, 0) is 9.59 Å². The van der Waals surface area contributed by atoms with Crippen LogP contribution in [-0.4, -0.2) is 18.4 Å². The Labute approximate surface area is 148 Å². The zero-order valence-corrected chi connectivity index (χ0v) is 14.8. The zero-order valence-electron chi connectivity index (χ0n) is 14.8. The molecule has 0 fully saturated rings. The summed E-state index contributed by atoms with van der Waals surface area (Å²) in [4.78, 5) is 23.5. The summed E-state index contributed by atoms with van der Waals surface area (Å²) in [6.07, 6.45) is 0.789. The Kier molecular flexibility index (Phi) is 6.57. The summed E-state index contributed by atoms with van der Waals surface area (Å²) in [7, 11) is 0. The number of carbonyl (C=O) groups is 2. The van der Waals surface area contributed by atoms with Crippen molar-refractivity contribution in [2.75, 3.05) is 11.9 Å². The minimum absolute atomic E-state index is 0.0534. The van der Waals surface area contributed by atoms with Crippen LogP contribution in [0.3, 0.4) is 0 Å². The molecule has 5 heteroatoms. The van der Waals surface area contributed by atoms with Crippen LogP contribution < -0.4 is 15.4 Å². The summed E-state index contributed by atoms with van der Waals surface area (Å²) in [6.45, 7) is 5.37. The number of hydrogen-bond donors (Lipinski definition) is 2. The van der Waals surface area contributed by atoms with E-state index in [-0.39, 0.29) is 24.5 Å². The lowest BCUT2D eigenvalue weighted by molar-refractivity contribution is -0.123. The van der Waals surface area contributed by atoms with Crippen molar-refractivity contribution in [3.63, 3.8) is 0 Å². The molecule has 2 amide bonds. The van der Waals surface area contributed by atoms with Crippen molar-refractivity contribution < 1.29 is 14.3 Å². The fraction of sp³-hybridized carbons (Fsp3) is 0.300. The number of rotatable bonds is 7. The second-order valence-electron chi connectivity index (χ2n) is 5.91. The van der Waals surface area contributed by atoms with Gasteiger partial charge in [0.2, 0.25) is 5.91 Å². The Bertz CT molecular complexity index is 726. The number of aryl methyl sites for hydroxylation is 1. The van der Waals surface area contributed by atoms with Crippen molar-refractivity contribution >= 4 is 17.5 Å². The molecule has 5 nitrogen and oxygen atoms in total. The van der Waals surface area contributed by atoms with Gasteiger partial charge in [-0.15, -0.1) is 0 Å². The molecule has 0 spiro atoms. The highest BCUT2D eigenvalue weighted by molar-refractivity contribution is 5.90. The predicted molar refractivity (Wildman–Crippen MR) is 98.6 cm³/mol. The van der Waals surface area contributed by atoms with Gasteiger partial charge in [-0.2, -0.15) is 0 Å². The molecule has 0 saturated carbocycles. The van der Waals surface area contributed by atoms with E-state index in [2.05, 4.69) is 10.6 Å². The number of ether oxygens (including phenoxy) is 1. The second kappa shape index (κ2) is 8.87. The maximum absolute atomic E-state index is 12.2.